The highest BCUT2D eigenvalue weighted by Gasteiger charge is 2.30. The first-order valence-corrected chi connectivity index (χ1v) is 6.32. The lowest BCUT2D eigenvalue weighted by molar-refractivity contribution is -0.117. The Morgan fingerprint density at radius 3 is 2.95 bits per heavy atom. The van der Waals surface area contributed by atoms with Crippen molar-refractivity contribution in [1.29, 1.82) is 0 Å². The van der Waals surface area contributed by atoms with Crippen LogP contribution in [-0.4, -0.2) is 23.3 Å². The monoisotopic (exact) mass is 277 g/mol. The summed E-state index contributed by atoms with van der Waals surface area (Å²) in [6, 6.07) is 5.97. The number of nitrogens with zero attached hydrogens (tertiary/aromatic N) is 3. The highest BCUT2D eigenvalue weighted by Crippen LogP contribution is 2.32. The summed E-state index contributed by atoms with van der Waals surface area (Å²) in [5.41, 5.74) is 3.09. The van der Waals surface area contributed by atoms with E-state index in [4.69, 9.17) is 16.3 Å². The molecule has 5 nitrogen and oxygen atoms in total. The normalized spacial score (nSPS) is 21.4. The van der Waals surface area contributed by atoms with E-state index in [1.807, 2.05) is 23.1 Å². The second-order valence-electron chi connectivity index (χ2n) is 4.46. The van der Waals surface area contributed by atoms with E-state index in [-0.39, 0.29) is 0 Å². The average Bonchev–Trinajstić information content (AvgIpc) is 2.84. The van der Waals surface area contributed by atoms with Crippen LogP contribution in [0.2, 0.25) is 0 Å². The van der Waals surface area contributed by atoms with Crippen molar-refractivity contribution >= 4 is 17.5 Å². The lowest BCUT2D eigenvalue weighted by Crippen LogP contribution is -2.28. The number of alkyl halides is 1. The number of methoxy groups -OCH3 is 1. The molecule has 3 rings (SSSR count). The first-order chi connectivity index (χ1) is 9.19. The number of halogens is 1. The SMILES string of the molecule is COc1ccc2c(c1)CN(C1=CN=NC(=O)C1Cl)C2. The van der Waals surface area contributed by atoms with Gasteiger partial charge in [0.15, 0.2) is 5.38 Å². The molecule has 19 heavy (non-hydrogen) atoms. The molecule has 1 aromatic carbocycles. The number of amides is 1. The zero-order chi connectivity index (χ0) is 13.4. The van der Waals surface area contributed by atoms with Crippen molar-refractivity contribution in [3.63, 3.8) is 0 Å². The molecule has 0 spiro atoms. The molecule has 1 amide bonds. The lowest BCUT2D eigenvalue weighted by atomic mass is 10.1. The zero-order valence-corrected chi connectivity index (χ0v) is 11.1. The van der Waals surface area contributed by atoms with Gasteiger partial charge in [-0.25, -0.2) is 0 Å². The van der Waals surface area contributed by atoms with Crippen molar-refractivity contribution in [1.82, 2.24) is 4.90 Å². The van der Waals surface area contributed by atoms with Crippen LogP contribution in [0.4, 0.5) is 0 Å². The van der Waals surface area contributed by atoms with Gasteiger partial charge in [-0.2, -0.15) is 5.11 Å². The molecule has 2 heterocycles. The first kappa shape index (κ1) is 12.2. The lowest BCUT2D eigenvalue weighted by Gasteiger charge is -2.24. The van der Waals surface area contributed by atoms with E-state index in [2.05, 4.69) is 10.2 Å². The third kappa shape index (κ3) is 2.10. The smallest absolute Gasteiger partial charge is 0.288 e. The number of rotatable bonds is 2. The van der Waals surface area contributed by atoms with Crippen molar-refractivity contribution in [2.75, 3.05) is 7.11 Å². The second-order valence-corrected chi connectivity index (χ2v) is 4.90. The maximum Gasteiger partial charge on any atom is 0.288 e. The van der Waals surface area contributed by atoms with Crippen LogP contribution in [0.25, 0.3) is 0 Å². The number of hydrogen-bond donors (Lipinski definition) is 0. The van der Waals surface area contributed by atoms with Gasteiger partial charge in [-0.05, 0) is 23.3 Å². The standard InChI is InChI=1S/C13H12ClN3O2/c1-19-10-3-2-8-6-17(7-9(8)4-10)11-5-15-16-13(18)12(11)14/h2-5,12H,6-7H2,1H3. The molecule has 2 aliphatic heterocycles. The molecule has 0 saturated heterocycles. The molecule has 2 aliphatic rings. The van der Waals surface area contributed by atoms with E-state index in [1.54, 1.807) is 13.3 Å². The van der Waals surface area contributed by atoms with Gasteiger partial charge in [-0.1, -0.05) is 6.07 Å². The van der Waals surface area contributed by atoms with Gasteiger partial charge < -0.3 is 9.64 Å². The second kappa shape index (κ2) is 4.66. The molecule has 0 radical (unpaired) electrons. The number of ether oxygens (including phenoxy) is 1. The van der Waals surface area contributed by atoms with Crippen LogP contribution in [-0.2, 0) is 17.9 Å². The Morgan fingerprint density at radius 1 is 1.37 bits per heavy atom. The molecule has 0 aliphatic carbocycles. The number of benzene rings is 1. The zero-order valence-electron chi connectivity index (χ0n) is 10.3. The Labute approximate surface area is 115 Å². The van der Waals surface area contributed by atoms with Gasteiger partial charge in [0.05, 0.1) is 19.0 Å². The summed E-state index contributed by atoms with van der Waals surface area (Å²) in [6.45, 7) is 1.42. The Morgan fingerprint density at radius 2 is 2.16 bits per heavy atom. The van der Waals surface area contributed by atoms with Gasteiger partial charge in [0, 0.05) is 13.1 Å². The Kier molecular flexibility index (Phi) is 2.98. The van der Waals surface area contributed by atoms with Crippen molar-refractivity contribution in [2.24, 2.45) is 10.2 Å². The molecule has 1 aromatic rings. The van der Waals surface area contributed by atoms with Crippen molar-refractivity contribution in [3.8, 4) is 5.75 Å². The van der Waals surface area contributed by atoms with Crippen LogP contribution in [0.1, 0.15) is 11.1 Å². The third-order valence-electron chi connectivity index (χ3n) is 3.32. The quantitative estimate of drug-likeness (QED) is 0.780. The minimum absolute atomic E-state index is 0.410. The molecule has 0 aromatic heterocycles. The topological polar surface area (TPSA) is 54.3 Å². The van der Waals surface area contributed by atoms with E-state index in [0.717, 1.165) is 12.3 Å². The summed E-state index contributed by atoms with van der Waals surface area (Å²) in [5.74, 6) is 0.420. The highest BCUT2D eigenvalue weighted by atomic mass is 35.5. The first-order valence-electron chi connectivity index (χ1n) is 5.88. The fraction of sp³-hybridized carbons (Fsp3) is 0.308. The van der Waals surface area contributed by atoms with E-state index in [0.29, 0.717) is 12.2 Å². The van der Waals surface area contributed by atoms with Crippen LogP contribution in [0.5, 0.6) is 5.75 Å². The maximum absolute atomic E-state index is 11.5. The Hall–Kier alpha value is -1.88. The fourth-order valence-electron chi connectivity index (χ4n) is 2.31. The fourth-order valence-corrected chi connectivity index (χ4v) is 2.55. The van der Waals surface area contributed by atoms with E-state index in [9.17, 15) is 4.79 Å². The predicted molar refractivity (Wildman–Crippen MR) is 69.8 cm³/mol. The van der Waals surface area contributed by atoms with Gasteiger partial charge in [-0.3, -0.25) is 4.79 Å². The van der Waals surface area contributed by atoms with Crippen LogP contribution < -0.4 is 4.74 Å². The average molecular weight is 278 g/mol. The summed E-state index contributed by atoms with van der Waals surface area (Å²) in [5, 5.41) is 6.39. The van der Waals surface area contributed by atoms with E-state index < -0.39 is 11.3 Å². The van der Waals surface area contributed by atoms with Gasteiger partial charge in [0.25, 0.3) is 5.91 Å². The largest absolute Gasteiger partial charge is 0.497 e. The molecule has 0 fully saturated rings. The highest BCUT2D eigenvalue weighted by molar-refractivity contribution is 6.33. The van der Waals surface area contributed by atoms with Crippen LogP contribution >= 0.6 is 11.6 Å². The molecule has 6 heteroatoms. The molecule has 1 atom stereocenters. The molecule has 0 N–H and O–H groups in total. The summed E-state index contributed by atoms with van der Waals surface area (Å²) < 4.78 is 5.21. The van der Waals surface area contributed by atoms with Crippen molar-refractivity contribution < 1.29 is 9.53 Å². The number of carbonyl (C=O) groups excluding carboxylic acids is 1. The molecule has 0 saturated carbocycles. The number of carbonyl (C=O) groups is 1. The molecule has 1 unspecified atom stereocenters. The number of azo groups is 1. The third-order valence-corrected chi connectivity index (χ3v) is 3.73. The minimum Gasteiger partial charge on any atom is -0.497 e. The van der Waals surface area contributed by atoms with Crippen molar-refractivity contribution in [3.05, 3.63) is 41.2 Å². The molecule has 0 bridgehead atoms. The summed E-state index contributed by atoms with van der Waals surface area (Å²) in [6.07, 6.45) is 1.56. The summed E-state index contributed by atoms with van der Waals surface area (Å²) in [7, 11) is 1.64. The van der Waals surface area contributed by atoms with Gasteiger partial charge in [0.1, 0.15) is 5.75 Å². The van der Waals surface area contributed by atoms with Gasteiger partial charge in [0.2, 0.25) is 0 Å². The van der Waals surface area contributed by atoms with Gasteiger partial charge in [-0.15, -0.1) is 16.7 Å². The Bertz CT molecular complexity index is 598. The van der Waals surface area contributed by atoms with Crippen LogP contribution in [0.15, 0.2) is 40.3 Å². The predicted octanol–water partition coefficient (Wildman–Crippen LogP) is 2.45. The number of fused-ring (bicyclic) bond motifs is 1. The summed E-state index contributed by atoms with van der Waals surface area (Å²) in [4.78, 5) is 13.5. The molecular formula is C13H12ClN3O2. The molecule has 98 valence electrons. The number of hydrogen-bond acceptors (Lipinski definition) is 4. The molecular weight excluding hydrogens is 266 g/mol. The van der Waals surface area contributed by atoms with E-state index >= 15 is 0 Å². The minimum atomic E-state index is -0.742. The van der Waals surface area contributed by atoms with Crippen LogP contribution in [0.3, 0.4) is 0 Å². The van der Waals surface area contributed by atoms with E-state index in [1.165, 1.54) is 11.1 Å². The van der Waals surface area contributed by atoms with Crippen molar-refractivity contribution in [2.45, 2.75) is 18.5 Å². The Balaban J connectivity index is 1.86. The summed E-state index contributed by atoms with van der Waals surface area (Å²) >= 11 is 6.08. The van der Waals surface area contributed by atoms with Crippen LogP contribution in [0, 0.1) is 0 Å². The maximum atomic E-state index is 11.5. The van der Waals surface area contributed by atoms with Gasteiger partial charge >= 0.3 is 0 Å².